The molecule has 0 unspecified atom stereocenters. The van der Waals surface area contributed by atoms with E-state index in [0.717, 1.165) is 11.1 Å². The number of nitrogens with one attached hydrogen (secondary N) is 1. The summed E-state index contributed by atoms with van der Waals surface area (Å²) in [6.45, 7) is 14.2. The summed E-state index contributed by atoms with van der Waals surface area (Å²) in [5.41, 5.74) is 2.42. The predicted octanol–water partition coefficient (Wildman–Crippen LogP) is 5.04. The SMILES string of the molecule is C=C/C(=C\C)COc1cc(OCC(=C)C)cc(C(=N)OC/C(=C/C)OC)c1. The molecule has 0 aliphatic heterocycles. The van der Waals surface area contributed by atoms with Gasteiger partial charge in [0.1, 0.15) is 37.1 Å². The molecule has 0 spiro atoms. The third-order valence-corrected chi connectivity index (χ3v) is 3.61. The first-order chi connectivity index (χ1) is 12.9. The lowest BCUT2D eigenvalue weighted by atomic mass is 10.2. The van der Waals surface area contributed by atoms with Crippen LogP contribution in [0.25, 0.3) is 0 Å². The van der Waals surface area contributed by atoms with Gasteiger partial charge in [0.05, 0.1) is 7.11 Å². The van der Waals surface area contributed by atoms with Crippen molar-refractivity contribution in [2.24, 2.45) is 0 Å². The number of rotatable bonds is 11. The Hall–Kier alpha value is -2.95. The van der Waals surface area contributed by atoms with Crippen LogP contribution in [-0.2, 0) is 9.47 Å². The molecule has 146 valence electrons. The number of allylic oxidation sites excluding steroid dienone is 2. The molecule has 0 amide bonds. The lowest BCUT2D eigenvalue weighted by molar-refractivity contribution is 0.212. The van der Waals surface area contributed by atoms with Crippen LogP contribution in [0, 0.1) is 5.41 Å². The fraction of sp³-hybridized carbons (Fsp3) is 0.318. The van der Waals surface area contributed by atoms with Crippen molar-refractivity contribution in [3.63, 3.8) is 0 Å². The van der Waals surface area contributed by atoms with Gasteiger partial charge in [0.15, 0.2) is 0 Å². The van der Waals surface area contributed by atoms with Gasteiger partial charge in [-0.3, -0.25) is 5.41 Å². The van der Waals surface area contributed by atoms with E-state index < -0.39 is 0 Å². The summed E-state index contributed by atoms with van der Waals surface area (Å²) in [5.74, 6) is 1.82. The number of methoxy groups -OCH3 is 1. The van der Waals surface area contributed by atoms with Gasteiger partial charge in [0.25, 0.3) is 0 Å². The number of ether oxygens (including phenoxy) is 4. The van der Waals surface area contributed by atoms with Crippen LogP contribution in [0.2, 0.25) is 0 Å². The summed E-state index contributed by atoms with van der Waals surface area (Å²) in [6.07, 6.45) is 5.48. The summed E-state index contributed by atoms with van der Waals surface area (Å²) < 4.78 is 22.2. The molecule has 1 N–H and O–H groups in total. The van der Waals surface area contributed by atoms with Crippen LogP contribution in [-0.4, -0.2) is 32.8 Å². The van der Waals surface area contributed by atoms with Gasteiger partial charge in [-0.25, -0.2) is 0 Å². The first-order valence-corrected chi connectivity index (χ1v) is 8.67. The van der Waals surface area contributed by atoms with Gasteiger partial charge < -0.3 is 18.9 Å². The van der Waals surface area contributed by atoms with E-state index in [2.05, 4.69) is 13.2 Å². The van der Waals surface area contributed by atoms with Gasteiger partial charge in [-0.05, 0) is 50.1 Å². The Bertz CT molecular complexity index is 732. The topological polar surface area (TPSA) is 60.8 Å². The summed E-state index contributed by atoms with van der Waals surface area (Å²) in [4.78, 5) is 0. The van der Waals surface area contributed by atoms with Crippen LogP contribution in [0.3, 0.4) is 0 Å². The van der Waals surface area contributed by atoms with E-state index in [1.165, 1.54) is 0 Å². The van der Waals surface area contributed by atoms with E-state index in [1.54, 1.807) is 37.5 Å². The average Bonchev–Trinajstić information content (AvgIpc) is 2.67. The Kier molecular flexibility index (Phi) is 9.51. The molecule has 0 saturated carbocycles. The van der Waals surface area contributed by atoms with Crippen LogP contribution in [0.5, 0.6) is 11.5 Å². The monoisotopic (exact) mass is 371 g/mol. The Morgan fingerprint density at radius 2 is 1.67 bits per heavy atom. The van der Waals surface area contributed by atoms with Crippen molar-refractivity contribution < 1.29 is 18.9 Å². The summed E-state index contributed by atoms with van der Waals surface area (Å²) in [5, 5.41) is 8.21. The van der Waals surface area contributed by atoms with Crippen LogP contribution in [0.1, 0.15) is 26.3 Å². The van der Waals surface area contributed by atoms with Crippen molar-refractivity contribution in [3.8, 4) is 11.5 Å². The number of hydrogen-bond donors (Lipinski definition) is 1. The van der Waals surface area contributed by atoms with Gasteiger partial charge in [0, 0.05) is 11.6 Å². The lowest BCUT2D eigenvalue weighted by Crippen LogP contribution is -2.10. The zero-order valence-corrected chi connectivity index (χ0v) is 16.6. The van der Waals surface area contributed by atoms with Crippen LogP contribution >= 0.6 is 0 Å². The smallest absolute Gasteiger partial charge is 0.213 e. The van der Waals surface area contributed by atoms with Crippen molar-refractivity contribution in [1.82, 2.24) is 0 Å². The second-order valence-electron chi connectivity index (χ2n) is 5.87. The molecule has 0 aromatic heterocycles. The summed E-state index contributed by atoms with van der Waals surface area (Å²) in [7, 11) is 1.57. The third-order valence-electron chi connectivity index (χ3n) is 3.61. The highest BCUT2D eigenvalue weighted by Gasteiger charge is 2.10. The molecular formula is C22H29NO4. The van der Waals surface area contributed by atoms with E-state index in [1.807, 2.05) is 26.8 Å². The summed E-state index contributed by atoms with van der Waals surface area (Å²) >= 11 is 0. The predicted molar refractivity (Wildman–Crippen MR) is 110 cm³/mol. The standard InChI is InChI=1S/C22H29NO4/c1-7-17(8-2)14-26-21-11-18(10-20(12-21)25-13-16(4)5)22(23)27-15-19(9-3)24-6/h7-12,23H,1,4,13-15H2,2-3,5-6H3/b17-8+,19-9-,23-22?. The minimum atomic E-state index is 0.00648. The third kappa shape index (κ3) is 7.86. The minimum absolute atomic E-state index is 0.00648. The van der Waals surface area contributed by atoms with Gasteiger partial charge in [0.2, 0.25) is 5.90 Å². The highest BCUT2D eigenvalue weighted by Crippen LogP contribution is 2.25. The molecule has 0 aliphatic rings. The average molecular weight is 371 g/mol. The minimum Gasteiger partial charge on any atom is -0.498 e. The Labute approximate surface area is 162 Å². The molecule has 0 bridgehead atoms. The van der Waals surface area contributed by atoms with E-state index >= 15 is 0 Å². The summed E-state index contributed by atoms with van der Waals surface area (Å²) in [6, 6.07) is 5.27. The molecule has 1 rings (SSSR count). The van der Waals surface area contributed by atoms with Crippen molar-refractivity contribution >= 4 is 5.90 Å². The molecule has 27 heavy (non-hydrogen) atoms. The molecule has 0 fully saturated rings. The first-order valence-electron chi connectivity index (χ1n) is 8.67. The Balaban J connectivity index is 3.00. The molecule has 5 heteroatoms. The second-order valence-corrected chi connectivity index (χ2v) is 5.87. The highest BCUT2D eigenvalue weighted by atomic mass is 16.5. The van der Waals surface area contributed by atoms with Crippen molar-refractivity contribution in [2.45, 2.75) is 20.8 Å². The zero-order valence-electron chi connectivity index (χ0n) is 16.6. The number of benzene rings is 1. The molecule has 1 aromatic carbocycles. The fourth-order valence-corrected chi connectivity index (χ4v) is 1.99. The maximum Gasteiger partial charge on any atom is 0.213 e. The van der Waals surface area contributed by atoms with Gasteiger partial charge >= 0.3 is 0 Å². The maximum absolute atomic E-state index is 8.21. The van der Waals surface area contributed by atoms with E-state index in [9.17, 15) is 0 Å². The highest BCUT2D eigenvalue weighted by molar-refractivity contribution is 5.92. The fourth-order valence-electron chi connectivity index (χ4n) is 1.99. The molecule has 5 nitrogen and oxygen atoms in total. The van der Waals surface area contributed by atoms with Crippen LogP contribution in [0.4, 0.5) is 0 Å². The van der Waals surface area contributed by atoms with Gasteiger partial charge in [-0.2, -0.15) is 0 Å². The molecule has 0 heterocycles. The molecule has 0 atom stereocenters. The second kappa shape index (κ2) is 11.6. The van der Waals surface area contributed by atoms with Crippen LogP contribution < -0.4 is 9.47 Å². The molecule has 0 radical (unpaired) electrons. The lowest BCUT2D eigenvalue weighted by Gasteiger charge is -2.14. The van der Waals surface area contributed by atoms with Crippen molar-refractivity contribution in [3.05, 3.63) is 72.1 Å². The molecule has 0 aliphatic carbocycles. The molecular weight excluding hydrogens is 342 g/mol. The van der Waals surface area contributed by atoms with E-state index in [-0.39, 0.29) is 12.5 Å². The van der Waals surface area contributed by atoms with E-state index in [0.29, 0.717) is 36.0 Å². The molecule has 0 saturated heterocycles. The van der Waals surface area contributed by atoms with E-state index in [4.69, 9.17) is 24.4 Å². The first kappa shape index (κ1) is 22.1. The largest absolute Gasteiger partial charge is 0.498 e. The zero-order chi connectivity index (χ0) is 20.2. The van der Waals surface area contributed by atoms with Crippen LogP contribution in [0.15, 0.2) is 66.5 Å². The van der Waals surface area contributed by atoms with Gasteiger partial charge in [-0.15, -0.1) is 0 Å². The quantitative estimate of drug-likeness (QED) is 0.194. The van der Waals surface area contributed by atoms with Crippen molar-refractivity contribution in [1.29, 1.82) is 5.41 Å². The Morgan fingerprint density at radius 1 is 1.04 bits per heavy atom. The number of hydrogen-bond acceptors (Lipinski definition) is 5. The normalized spacial score (nSPS) is 11.6. The van der Waals surface area contributed by atoms with Gasteiger partial charge in [-0.1, -0.05) is 25.3 Å². The van der Waals surface area contributed by atoms with Crippen molar-refractivity contribution in [2.75, 3.05) is 26.9 Å². The maximum atomic E-state index is 8.21. The Morgan fingerprint density at radius 3 is 2.15 bits per heavy atom. The molecule has 1 aromatic rings.